The van der Waals surface area contributed by atoms with Gasteiger partial charge in [-0.2, -0.15) is 13.2 Å². The molecule has 0 saturated carbocycles. The number of hydrogen-bond acceptors (Lipinski definition) is 3. The summed E-state index contributed by atoms with van der Waals surface area (Å²) in [6.07, 6.45) is -2.13. The lowest BCUT2D eigenvalue weighted by Gasteiger charge is -2.23. The number of rotatable bonds is 4. The molecule has 5 rings (SSSR count). The third kappa shape index (κ3) is 4.13. The lowest BCUT2D eigenvalue weighted by molar-refractivity contribution is -0.137. The van der Waals surface area contributed by atoms with Crippen LogP contribution in [-0.2, 0) is 17.3 Å². The second-order valence-electron chi connectivity index (χ2n) is 7.94. The number of nitrogens with one attached hydrogen (secondary N) is 1. The summed E-state index contributed by atoms with van der Waals surface area (Å²) in [6, 6.07) is 19.5. The van der Waals surface area contributed by atoms with E-state index in [9.17, 15) is 13.2 Å². The summed E-state index contributed by atoms with van der Waals surface area (Å²) in [5.74, 6) is 0. The normalized spacial score (nSPS) is 17.0. The number of alkyl halides is 3. The second-order valence-corrected chi connectivity index (χ2v) is 7.94. The van der Waals surface area contributed by atoms with Gasteiger partial charge in [-0.25, -0.2) is 4.98 Å². The zero-order valence-corrected chi connectivity index (χ0v) is 17.3. The molecule has 1 unspecified atom stereocenters. The van der Waals surface area contributed by atoms with Gasteiger partial charge in [-0.3, -0.25) is 4.57 Å². The van der Waals surface area contributed by atoms with Crippen LogP contribution in [0, 0.1) is 0 Å². The first-order valence-corrected chi connectivity index (χ1v) is 10.5. The average molecular weight is 437 g/mol. The molecule has 0 spiro atoms. The number of imidazole rings is 1. The molecular weight excluding hydrogens is 415 g/mol. The summed E-state index contributed by atoms with van der Waals surface area (Å²) < 4.78 is 48.7. The Morgan fingerprint density at radius 1 is 1.03 bits per heavy atom. The van der Waals surface area contributed by atoms with Crippen molar-refractivity contribution in [3.63, 3.8) is 0 Å². The van der Waals surface area contributed by atoms with Crippen molar-refractivity contribution < 1.29 is 17.9 Å². The Morgan fingerprint density at radius 3 is 2.62 bits per heavy atom. The number of benzene rings is 3. The van der Waals surface area contributed by atoms with Gasteiger partial charge in [0.15, 0.2) is 0 Å². The highest BCUT2D eigenvalue weighted by Gasteiger charge is 2.32. The van der Waals surface area contributed by atoms with E-state index in [1.54, 1.807) is 6.33 Å². The topological polar surface area (TPSA) is 39.1 Å². The van der Waals surface area contributed by atoms with Crippen molar-refractivity contribution in [2.24, 2.45) is 0 Å². The highest BCUT2D eigenvalue weighted by Crippen LogP contribution is 2.38. The Hall–Kier alpha value is -3.16. The highest BCUT2D eigenvalue weighted by molar-refractivity contribution is 5.94. The molecule has 7 heteroatoms. The highest BCUT2D eigenvalue weighted by atomic mass is 19.4. The minimum Gasteiger partial charge on any atom is -0.375 e. The van der Waals surface area contributed by atoms with Crippen molar-refractivity contribution in [1.29, 1.82) is 0 Å². The molecule has 1 fully saturated rings. The number of nitrogens with zero attached hydrogens (tertiary/aromatic N) is 2. The molecule has 1 saturated heterocycles. The van der Waals surface area contributed by atoms with Crippen molar-refractivity contribution in [2.45, 2.75) is 18.7 Å². The van der Waals surface area contributed by atoms with E-state index in [0.29, 0.717) is 29.6 Å². The van der Waals surface area contributed by atoms with Gasteiger partial charge in [0.2, 0.25) is 0 Å². The second kappa shape index (κ2) is 8.41. The van der Waals surface area contributed by atoms with E-state index in [-0.39, 0.29) is 6.10 Å². The maximum absolute atomic E-state index is 13.7. The van der Waals surface area contributed by atoms with Crippen molar-refractivity contribution >= 4 is 11.0 Å². The third-order valence-corrected chi connectivity index (χ3v) is 5.71. The van der Waals surface area contributed by atoms with Crippen LogP contribution in [-0.4, -0.2) is 35.4 Å². The van der Waals surface area contributed by atoms with E-state index in [4.69, 9.17) is 4.74 Å². The van der Waals surface area contributed by atoms with Crippen molar-refractivity contribution in [1.82, 2.24) is 14.9 Å². The Balaban J connectivity index is 1.65. The smallest absolute Gasteiger partial charge is 0.375 e. The molecule has 0 radical (unpaired) electrons. The molecule has 1 atom stereocenters. The number of para-hydroxylation sites is 1. The van der Waals surface area contributed by atoms with Gasteiger partial charge in [-0.1, -0.05) is 42.5 Å². The summed E-state index contributed by atoms with van der Waals surface area (Å²) in [6.45, 7) is 2.26. The molecule has 0 aliphatic carbocycles. The van der Waals surface area contributed by atoms with Gasteiger partial charge in [0.05, 0.1) is 29.3 Å². The molecule has 164 valence electrons. The van der Waals surface area contributed by atoms with Crippen LogP contribution >= 0.6 is 0 Å². The molecule has 2 heterocycles. The van der Waals surface area contributed by atoms with E-state index in [1.165, 1.54) is 6.07 Å². The average Bonchev–Trinajstić information content (AvgIpc) is 3.24. The van der Waals surface area contributed by atoms with E-state index >= 15 is 0 Å². The first-order valence-electron chi connectivity index (χ1n) is 10.5. The minimum absolute atomic E-state index is 0.0513. The Kier molecular flexibility index (Phi) is 5.45. The molecule has 1 N–H and O–H groups in total. The zero-order valence-electron chi connectivity index (χ0n) is 17.3. The molecular formula is C25H22F3N3O. The SMILES string of the molecule is FC(F)(F)c1cc(-c2cccc(CC3CNCCO3)c2)c2c(c1)ncn2-c1ccccc1. The van der Waals surface area contributed by atoms with Gasteiger partial charge in [-0.05, 0) is 41.8 Å². The summed E-state index contributed by atoms with van der Waals surface area (Å²) in [5, 5.41) is 3.31. The lowest BCUT2D eigenvalue weighted by atomic mass is 9.97. The minimum atomic E-state index is -4.46. The zero-order chi connectivity index (χ0) is 22.1. The monoisotopic (exact) mass is 437 g/mol. The molecule has 3 aromatic carbocycles. The number of hydrogen-bond donors (Lipinski definition) is 1. The van der Waals surface area contributed by atoms with Gasteiger partial charge in [0.1, 0.15) is 6.33 Å². The van der Waals surface area contributed by atoms with Gasteiger partial charge in [0.25, 0.3) is 0 Å². The summed E-state index contributed by atoms with van der Waals surface area (Å²) in [5.41, 5.74) is 3.34. The maximum Gasteiger partial charge on any atom is 0.416 e. The van der Waals surface area contributed by atoms with Crippen LogP contribution in [0.1, 0.15) is 11.1 Å². The van der Waals surface area contributed by atoms with Crippen LogP contribution in [0.15, 0.2) is 73.1 Å². The Labute approximate surface area is 183 Å². The van der Waals surface area contributed by atoms with Crippen molar-refractivity contribution in [2.75, 3.05) is 19.7 Å². The number of aromatic nitrogens is 2. The third-order valence-electron chi connectivity index (χ3n) is 5.71. The predicted octanol–water partition coefficient (Wildman–Crippen LogP) is 5.24. The first-order chi connectivity index (χ1) is 15.5. The van der Waals surface area contributed by atoms with Crippen molar-refractivity contribution in [3.8, 4) is 16.8 Å². The quantitative estimate of drug-likeness (QED) is 0.475. The Bertz CT molecular complexity index is 1230. The van der Waals surface area contributed by atoms with Crippen LogP contribution in [0.2, 0.25) is 0 Å². The van der Waals surface area contributed by atoms with E-state index in [2.05, 4.69) is 10.3 Å². The van der Waals surface area contributed by atoms with Crippen molar-refractivity contribution in [3.05, 3.63) is 84.2 Å². The van der Waals surface area contributed by atoms with Gasteiger partial charge in [0, 0.05) is 24.3 Å². The number of ether oxygens (including phenoxy) is 1. The van der Waals surface area contributed by atoms with Crippen LogP contribution in [0.25, 0.3) is 27.8 Å². The van der Waals surface area contributed by atoms with Crippen LogP contribution in [0.4, 0.5) is 13.2 Å². The molecule has 0 bridgehead atoms. The maximum atomic E-state index is 13.7. The molecule has 4 nitrogen and oxygen atoms in total. The van der Waals surface area contributed by atoms with Gasteiger partial charge < -0.3 is 10.1 Å². The lowest BCUT2D eigenvalue weighted by Crippen LogP contribution is -2.39. The van der Waals surface area contributed by atoms with E-state index < -0.39 is 11.7 Å². The fraction of sp³-hybridized carbons (Fsp3) is 0.240. The molecule has 32 heavy (non-hydrogen) atoms. The summed E-state index contributed by atoms with van der Waals surface area (Å²) >= 11 is 0. The molecule has 1 aliphatic heterocycles. The van der Waals surface area contributed by atoms with Crippen LogP contribution in [0.3, 0.4) is 0 Å². The Morgan fingerprint density at radius 2 is 1.88 bits per heavy atom. The molecule has 1 aromatic heterocycles. The van der Waals surface area contributed by atoms with Crippen LogP contribution < -0.4 is 5.32 Å². The number of halogens is 3. The summed E-state index contributed by atoms with van der Waals surface area (Å²) in [4.78, 5) is 4.31. The fourth-order valence-corrected chi connectivity index (χ4v) is 4.20. The molecule has 1 aliphatic rings. The fourth-order valence-electron chi connectivity index (χ4n) is 4.20. The van der Waals surface area contributed by atoms with Crippen LogP contribution in [0.5, 0.6) is 0 Å². The number of fused-ring (bicyclic) bond motifs is 1. The van der Waals surface area contributed by atoms with Gasteiger partial charge >= 0.3 is 6.18 Å². The largest absolute Gasteiger partial charge is 0.416 e. The number of morpholine rings is 1. The summed E-state index contributed by atoms with van der Waals surface area (Å²) in [7, 11) is 0. The first kappa shape index (κ1) is 20.7. The predicted molar refractivity (Wildman–Crippen MR) is 118 cm³/mol. The van der Waals surface area contributed by atoms with E-state index in [1.807, 2.05) is 59.2 Å². The standard InChI is InChI=1S/C25H22F3N3O/c26-25(27,28)19-13-22(18-6-4-5-17(11-18)12-21-15-29-9-10-32-21)24-23(14-19)30-16-31(24)20-7-2-1-3-8-20/h1-8,11,13-14,16,21,29H,9-10,12,15H2. The molecule has 0 amide bonds. The van der Waals surface area contributed by atoms with Gasteiger partial charge in [-0.15, -0.1) is 0 Å². The molecule has 4 aromatic rings. The van der Waals surface area contributed by atoms with E-state index in [0.717, 1.165) is 36.0 Å².